The molecule has 0 saturated heterocycles. The fourth-order valence-corrected chi connectivity index (χ4v) is 2.34. The maximum Gasteiger partial charge on any atom is 0.134 e. The van der Waals surface area contributed by atoms with Gasteiger partial charge in [0.05, 0.1) is 13.1 Å². The third kappa shape index (κ3) is 2.15. The van der Waals surface area contributed by atoms with E-state index in [0.29, 0.717) is 0 Å². The molecule has 1 N–H and O–H groups in total. The first-order valence-corrected chi connectivity index (χ1v) is 6.42. The summed E-state index contributed by atoms with van der Waals surface area (Å²) in [6.45, 7) is 3.53. The lowest BCUT2D eigenvalue weighted by Crippen LogP contribution is -2.09. The van der Waals surface area contributed by atoms with Gasteiger partial charge in [-0.25, -0.2) is 0 Å². The number of fused-ring (bicyclic) bond motifs is 1. The topological polar surface area (TPSA) is 43.0 Å². The first kappa shape index (κ1) is 12.0. The van der Waals surface area contributed by atoms with Crippen LogP contribution in [0.3, 0.4) is 0 Å². The summed E-state index contributed by atoms with van der Waals surface area (Å²) >= 11 is 0. The minimum atomic E-state index is 0.727. The van der Waals surface area contributed by atoms with Gasteiger partial charge in [-0.05, 0) is 26.1 Å². The Balaban J connectivity index is 2.09. The Hall–Kier alpha value is -2.07. The number of hydrogen-bond acceptors (Lipinski definition) is 3. The Bertz CT molecular complexity index is 696. The van der Waals surface area contributed by atoms with Gasteiger partial charge in [-0.1, -0.05) is 18.2 Å². The number of aryl methyl sites for hydroxylation is 1. The standard InChI is InChI=1S/C15H17N3O/c1-11-7-8-17-18(11)10-13-12-5-3-4-6-14(12)19-15(13)9-16-2/h3-8,16H,9-10H2,1-2H3. The molecule has 0 radical (unpaired) electrons. The van der Waals surface area contributed by atoms with Crippen molar-refractivity contribution in [1.29, 1.82) is 0 Å². The lowest BCUT2D eigenvalue weighted by Gasteiger charge is -2.05. The second-order valence-corrected chi connectivity index (χ2v) is 4.66. The summed E-state index contributed by atoms with van der Waals surface area (Å²) in [7, 11) is 1.93. The number of nitrogens with zero attached hydrogens (tertiary/aromatic N) is 2. The first-order valence-electron chi connectivity index (χ1n) is 6.42. The predicted octanol–water partition coefficient (Wildman–Crippen LogP) is 2.71. The fraction of sp³-hybridized carbons (Fsp3) is 0.267. The molecule has 0 aliphatic heterocycles. The number of nitrogens with one attached hydrogen (secondary N) is 1. The zero-order valence-corrected chi connectivity index (χ0v) is 11.2. The van der Waals surface area contributed by atoms with Crippen LogP contribution in [0.4, 0.5) is 0 Å². The van der Waals surface area contributed by atoms with Crippen LogP contribution in [0.2, 0.25) is 0 Å². The molecule has 0 aliphatic carbocycles. The number of para-hydroxylation sites is 1. The average molecular weight is 255 g/mol. The van der Waals surface area contributed by atoms with Gasteiger partial charge in [0.25, 0.3) is 0 Å². The summed E-state index contributed by atoms with van der Waals surface area (Å²) in [4.78, 5) is 0. The molecule has 0 amide bonds. The highest BCUT2D eigenvalue weighted by Gasteiger charge is 2.14. The minimum Gasteiger partial charge on any atom is -0.459 e. The molecule has 19 heavy (non-hydrogen) atoms. The van der Waals surface area contributed by atoms with Gasteiger partial charge in [-0.15, -0.1) is 0 Å². The molecule has 98 valence electrons. The van der Waals surface area contributed by atoms with E-state index in [-0.39, 0.29) is 0 Å². The molecule has 3 rings (SSSR count). The Kier molecular flexibility index (Phi) is 3.09. The fourth-order valence-electron chi connectivity index (χ4n) is 2.34. The number of furan rings is 1. The predicted molar refractivity (Wildman–Crippen MR) is 75.0 cm³/mol. The van der Waals surface area contributed by atoms with E-state index in [9.17, 15) is 0 Å². The largest absolute Gasteiger partial charge is 0.459 e. The van der Waals surface area contributed by atoms with Gasteiger partial charge in [0.2, 0.25) is 0 Å². The normalized spacial score (nSPS) is 11.3. The van der Waals surface area contributed by atoms with Gasteiger partial charge >= 0.3 is 0 Å². The van der Waals surface area contributed by atoms with E-state index in [2.05, 4.69) is 23.4 Å². The highest BCUT2D eigenvalue weighted by Crippen LogP contribution is 2.26. The molecule has 0 atom stereocenters. The molecule has 0 aliphatic rings. The molecule has 2 aromatic heterocycles. The highest BCUT2D eigenvalue weighted by atomic mass is 16.3. The van der Waals surface area contributed by atoms with E-state index in [4.69, 9.17) is 4.42 Å². The van der Waals surface area contributed by atoms with E-state index >= 15 is 0 Å². The van der Waals surface area contributed by atoms with Crippen LogP contribution < -0.4 is 5.32 Å². The summed E-state index contributed by atoms with van der Waals surface area (Å²) in [5, 5.41) is 8.68. The van der Waals surface area contributed by atoms with Crippen molar-refractivity contribution in [2.45, 2.75) is 20.0 Å². The van der Waals surface area contributed by atoms with Crippen LogP contribution in [0.25, 0.3) is 11.0 Å². The van der Waals surface area contributed by atoms with E-state index < -0.39 is 0 Å². The summed E-state index contributed by atoms with van der Waals surface area (Å²) in [5.41, 5.74) is 3.30. The van der Waals surface area contributed by atoms with Gasteiger partial charge in [0.1, 0.15) is 11.3 Å². The molecular formula is C15H17N3O. The monoisotopic (exact) mass is 255 g/mol. The van der Waals surface area contributed by atoms with Crippen LogP contribution in [-0.4, -0.2) is 16.8 Å². The second kappa shape index (κ2) is 4.90. The number of benzene rings is 1. The van der Waals surface area contributed by atoms with E-state index in [1.54, 1.807) is 0 Å². The van der Waals surface area contributed by atoms with Gasteiger partial charge in [0, 0.05) is 22.8 Å². The SMILES string of the molecule is CNCc1oc2ccccc2c1Cn1nccc1C. The van der Waals surface area contributed by atoms with Crippen molar-refractivity contribution >= 4 is 11.0 Å². The van der Waals surface area contributed by atoms with E-state index in [0.717, 1.165) is 30.1 Å². The van der Waals surface area contributed by atoms with Crippen LogP contribution in [0, 0.1) is 6.92 Å². The van der Waals surface area contributed by atoms with Gasteiger partial charge in [0.15, 0.2) is 0 Å². The molecule has 0 bridgehead atoms. The summed E-state index contributed by atoms with van der Waals surface area (Å²) in [6, 6.07) is 10.2. The van der Waals surface area contributed by atoms with E-state index in [1.807, 2.05) is 42.2 Å². The molecule has 4 nitrogen and oxygen atoms in total. The minimum absolute atomic E-state index is 0.727. The Morgan fingerprint density at radius 1 is 1.26 bits per heavy atom. The quantitative estimate of drug-likeness (QED) is 0.779. The Labute approximate surface area is 112 Å². The highest BCUT2D eigenvalue weighted by molar-refractivity contribution is 5.82. The molecule has 0 spiro atoms. The zero-order chi connectivity index (χ0) is 13.2. The van der Waals surface area contributed by atoms with Crippen LogP contribution in [0.5, 0.6) is 0 Å². The van der Waals surface area contributed by atoms with Gasteiger partial charge < -0.3 is 9.73 Å². The van der Waals surface area contributed by atoms with Crippen molar-refractivity contribution in [3.8, 4) is 0 Å². The third-order valence-corrected chi connectivity index (χ3v) is 3.36. The zero-order valence-electron chi connectivity index (χ0n) is 11.2. The lowest BCUT2D eigenvalue weighted by atomic mass is 10.1. The third-order valence-electron chi connectivity index (χ3n) is 3.36. The first-order chi connectivity index (χ1) is 9.29. The molecule has 0 fully saturated rings. The summed E-state index contributed by atoms with van der Waals surface area (Å²) < 4.78 is 7.92. The maximum atomic E-state index is 5.92. The Morgan fingerprint density at radius 3 is 2.84 bits per heavy atom. The number of hydrogen-bond donors (Lipinski definition) is 1. The van der Waals surface area contributed by atoms with Crippen LogP contribution >= 0.6 is 0 Å². The van der Waals surface area contributed by atoms with Crippen molar-refractivity contribution in [1.82, 2.24) is 15.1 Å². The molecule has 4 heteroatoms. The second-order valence-electron chi connectivity index (χ2n) is 4.66. The summed E-state index contributed by atoms with van der Waals surface area (Å²) in [5.74, 6) is 0.985. The van der Waals surface area contributed by atoms with Crippen molar-refractivity contribution in [3.05, 3.63) is 53.5 Å². The molecule has 1 aromatic carbocycles. The maximum absolute atomic E-state index is 5.92. The summed E-state index contributed by atoms with van der Waals surface area (Å²) in [6.07, 6.45) is 1.83. The van der Waals surface area contributed by atoms with Gasteiger partial charge in [-0.3, -0.25) is 4.68 Å². The van der Waals surface area contributed by atoms with Crippen molar-refractivity contribution in [3.63, 3.8) is 0 Å². The lowest BCUT2D eigenvalue weighted by molar-refractivity contribution is 0.517. The molecule has 0 unspecified atom stereocenters. The number of rotatable bonds is 4. The van der Waals surface area contributed by atoms with Crippen LogP contribution in [-0.2, 0) is 13.1 Å². The van der Waals surface area contributed by atoms with Gasteiger partial charge in [-0.2, -0.15) is 5.10 Å². The van der Waals surface area contributed by atoms with E-state index in [1.165, 1.54) is 10.9 Å². The van der Waals surface area contributed by atoms with Crippen molar-refractivity contribution < 1.29 is 4.42 Å². The van der Waals surface area contributed by atoms with Crippen molar-refractivity contribution in [2.75, 3.05) is 7.05 Å². The molecule has 0 saturated carbocycles. The van der Waals surface area contributed by atoms with Crippen molar-refractivity contribution in [2.24, 2.45) is 0 Å². The van der Waals surface area contributed by atoms with Crippen LogP contribution in [0.15, 0.2) is 40.9 Å². The van der Waals surface area contributed by atoms with Crippen LogP contribution in [0.1, 0.15) is 17.0 Å². The average Bonchev–Trinajstić information content (AvgIpc) is 2.96. The molecular weight excluding hydrogens is 238 g/mol. The smallest absolute Gasteiger partial charge is 0.134 e. The molecule has 3 aromatic rings. The Morgan fingerprint density at radius 2 is 2.11 bits per heavy atom. The number of aromatic nitrogens is 2. The molecule has 2 heterocycles.